The normalized spacial score (nSPS) is 14.6. The van der Waals surface area contributed by atoms with Crippen molar-refractivity contribution in [2.45, 2.75) is 6.10 Å². The van der Waals surface area contributed by atoms with Crippen molar-refractivity contribution in [2.24, 2.45) is 0 Å². The zero-order valence-electron chi connectivity index (χ0n) is 16.8. The van der Waals surface area contributed by atoms with Crippen LogP contribution in [-0.2, 0) is 19.1 Å². The van der Waals surface area contributed by atoms with E-state index in [9.17, 15) is 14.4 Å². The lowest BCUT2D eigenvalue weighted by Crippen LogP contribution is -2.41. The molecule has 2 aromatic carbocycles. The van der Waals surface area contributed by atoms with Crippen LogP contribution < -0.4 is 15.5 Å². The third kappa shape index (κ3) is 6.61. The number of ether oxygens (including phenoxy) is 2. The largest absolute Gasteiger partial charge is 0.435 e. The van der Waals surface area contributed by atoms with E-state index in [4.69, 9.17) is 21.1 Å². The number of nitrogens with zero attached hydrogens (tertiary/aromatic N) is 1. The van der Waals surface area contributed by atoms with Gasteiger partial charge in [-0.2, -0.15) is 11.8 Å². The molecule has 3 rings (SSSR count). The van der Waals surface area contributed by atoms with Crippen molar-refractivity contribution in [1.82, 2.24) is 0 Å². The van der Waals surface area contributed by atoms with E-state index in [0.717, 1.165) is 5.69 Å². The van der Waals surface area contributed by atoms with Crippen molar-refractivity contribution in [3.63, 3.8) is 0 Å². The van der Waals surface area contributed by atoms with E-state index in [-0.39, 0.29) is 12.5 Å². The first-order chi connectivity index (χ1) is 15.0. The van der Waals surface area contributed by atoms with Crippen LogP contribution >= 0.6 is 23.4 Å². The Bertz CT molecular complexity index is 924. The molecule has 0 aromatic heterocycles. The van der Waals surface area contributed by atoms with E-state index in [0.29, 0.717) is 35.3 Å². The summed E-state index contributed by atoms with van der Waals surface area (Å²) < 4.78 is 10.4. The number of rotatable bonds is 7. The second-order valence-electron chi connectivity index (χ2n) is 6.62. The summed E-state index contributed by atoms with van der Waals surface area (Å²) >= 11 is 7.21. The Hall–Kier alpha value is -2.75. The Balaban J connectivity index is 1.58. The number of hydrogen-bond acceptors (Lipinski definition) is 6. The highest BCUT2D eigenvalue weighted by molar-refractivity contribution is 7.98. The minimum Gasteiger partial charge on any atom is -0.435 e. The summed E-state index contributed by atoms with van der Waals surface area (Å²) in [5, 5.41) is 5.85. The van der Waals surface area contributed by atoms with E-state index < -0.39 is 18.1 Å². The molecule has 10 heteroatoms. The molecule has 2 N–H and O–H groups in total. The van der Waals surface area contributed by atoms with Crippen LogP contribution in [0.4, 0.5) is 21.9 Å². The van der Waals surface area contributed by atoms with Crippen molar-refractivity contribution in [1.29, 1.82) is 0 Å². The van der Waals surface area contributed by atoms with Gasteiger partial charge < -0.3 is 19.7 Å². The SMILES string of the molecule is CSCC(OC(=O)Nc1ccc(Cl)cc1)C(=O)Nc1ccc(N2CCOCC2=O)cc1. The summed E-state index contributed by atoms with van der Waals surface area (Å²) in [4.78, 5) is 38.4. The molecular weight excluding hydrogens is 442 g/mol. The molecule has 164 valence electrons. The third-order valence-corrected chi connectivity index (χ3v) is 5.27. The molecule has 0 radical (unpaired) electrons. The van der Waals surface area contributed by atoms with E-state index in [1.54, 1.807) is 53.4 Å². The van der Waals surface area contributed by atoms with Crippen molar-refractivity contribution in [3.05, 3.63) is 53.6 Å². The van der Waals surface area contributed by atoms with Gasteiger partial charge in [0, 0.05) is 34.4 Å². The number of amides is 3. The Morgan fingerprint density at radius 1 is 1.13 bits per heavy atom. The molecule has 1 fully saturated rings. The number of anilines is 3. The minimum atomic E-state index is -0.984. The Labute approximate surface area is 189 Å². The first-order valence-electron chi connectivity index (χ1n) is 9.47. The van der Waals surface area contributed by atoms with Gasteiger partial charge in [-0.1, -0.05) is 11.6 Å². The maximum absolute atomic E-state index is 12.6. The van der Waals surface area contributed by atoms with E-state index in [2.05, 4.69) is 10.6 Å². The van der Waals surface area contributed by atoms with Crippen LogP contribution in [0, 0.1) is 0 Å². The van der Waals surface area contributed by atoms with Gasteiger partial charge in [0.1, 0.15) is 6.61 Å². The molecule has 1 saturated heterocycles. The van der Waals surface area contributed by atoms with E-state index in [1.165, 1.54) is 11.8 Å². The molecule has 1 atom stereocenters. The molecule has 1 aliphatic rings. The van der Waals surface area contributed by atoms with Crippen molar-refractivity contribution in [3.8, 4) is 0 Å². The summed E-state index contributed by atoms with van der Waals surface area (Å²) in [7, 11) is 0. The highest BCUT2D eigenvalue weighted by Gasteiger charge is 2.24. The number of benzene rings is 2. The van der Waals surface area contributed by atoms with Crippen molar-refractivity contribution >= 4 is 58.3 Å². The lowest BCUT2D eigenvalue weighted by atomic mass is 10.2. The molecule has 8 nitrogen and oxygen atoms in total. The fourth-order valence-electron chi connectivity index (χ4n) is 2.86. The first kappa shape index (κ1) is 22.9. The number of carbonyl (C=O) groups is 3. The Kier molecular flexibility index (Phi) is 8.16. The van der Waals surface area contributed by atoms with Crippen molar-refractivity contribution in [2.75, 3.05) is 47.3 Å². The van der Waals surface area contributed by atoms with Gasteiger partial charge in [0.15, 0.2) is 6.10 Å². The number of nitrogens with one attached hydrogen (secondary N) is 2. The Morgan fingerprint density at radius 2 is 1.77 bits per heavy atom. The molecule has 0 bridgehead atoms. The third-order valence-electron chi connectivity index (χ3n) is 4.38. The number of hydrogen-bond donors (Lipinski definition) is 2. The van der Waals surface area contributed by atoms with Crippen LogP contribution in [0.2, 0.25) is 5.02 Å². The molecule has 0 spiro atoms. The summed E-state index contributed by atoms with van der Waals surface area (Å²) in [6, 6.07) is 13.4. The second kappa shape index (κ2) is 11.0. The number of thioether (sulfide) groups is 1. The highest BCUT2D eigenvalue weighted by Crippen LogP contribution is 2.20. The van der Waals surface area contributed by atoms with Crippen LogP contribution in [0.25, 0.3) is 0 Å². The molecule has 2 aromatic rings. The van der Waals surface area contributed by atoms with Gasteiger partial charge >= 0.3 is 6.09 Å². The number of halogens is 1. The van der Waals surface area contributed by atoms with Crippen molar-refractivity contribution < 1.29 is 23.9 Å². The fraction of sp³-hybridized carbons (Fsp3) is 0.286. The van der Waals surface area contributed by atoms with E-state index in [1.807, 2.05) is 6.26 Å². The molecule has 1 unspecified atom stereocenters. The average molecular weight is 464 g/mol. The van der Waals surface area contributed by atoms with Gasteiger partial charge in [0.2, 0.25) is 0 Å². The standard InChI is InChI=1S/C21H22ClN3O5S/c1-31-13-18(30-21(28)24-16-4-2-14(22)3-5-16)20(27)23-15-6-8-17(9-7-15)25-10-11-29-12-19(25)26/h2-9,18H,10-13H2,1H3,(H,23,27)(H,24,28). The zero-order valence-corrected chi connectivity index (χ0v) is 18.4. The van der Waals surface area contributed by atoms with Crippen LogP contribution in [0.5, 0.6) is 0 Å². The molecule has 31 heavy (non-hydrogen) atoms. The molecule has 1 aliphatic heterocycles. The predicted molar refractivity (Wildman–Crippen MR) is 122 cm³/mol. The smallest absolute Gasteiger partial charge is 0.412 e. The number of carbonyl (C=O) groups excluding carboxylic acids is 3. The van der Waals surface area contributed by atoms with Gasteiger partial charge in [-0.3, -0.25) is 14.9 Å². The van der Waals surface area contributed by atoms with Crippen LogP contribution in [0.3, 0.4) is 0 Å². The van der Waals surface area contributed by atoms with Crippen LogP contribution in [-0.4, -0.2) is 55.8 Å². The minimum absolute atomic E-state index is 0.0598. The summed E-state index contributed by atoms with van der Waals surface area (Å²) in [6.45, 7) is 1.02. The van der Waals surface area contributed by atoms with Gasteiger partial charge in [0.25, 0.3) is 11.8 Å². The topological polar surface area (TPSA) is 97.0 Å². The second-order valence-corrected chi connectivity index (χ2v) is 7.96. The quantitative estimate of drug-likeness (QED) is 0.651. The van der Waals surface area contributed by atoms with Crippen LogP contribution in [0.15, 0.2) is 48.5 Å². The zero-order chi connectivity index (χ0) is 22.2. The van der Waals surface area contributed by atoms with Gasteiger partial charge in [-0.25, -0.2) is 4.79 Å². The summed E-state index contributed by atoms with van der Waals surface area (Å²) in [6.07, 6.45) is 0.0926. The molecule has 0 saturated carbocycles. The summed E-state index contributed by atoms with van der Waals surface area (Å²) in [5.41, 5.74) is 1.76. The van der Waals surface area contributed by atoms with Crippen LogP contribution in [0.1, 0.15) is 0 Å². The summed E-state index contributed by atoms with van der Waals surface area (Å²) in [5.74, 6) is -0.265. The molecular formula is C21H22ClN3O5S. The van der Waals surface area contributed by atoms with Gasteiger partial charge in [-0.15, -0.1) is 0 Å². The lowest BCUT2D eigenvalue weighted by Gasteiger charge is -2.27. The predicted octanol–water partition coefficient (Wildman–Crippen LogP) is 3.62. The van der Waals surface area contributed by atoms with Gasteiger partial charge in [0.05, 0.1) is 6.61 Å². The number of morpholine rings is 1. The van der Waals surface area contributed by atoms with E-state index >= 15 is 0 Å². The average Bonchev–Trinajstić information content (AvgIpc) is 2.76. The highest BCUT2D eigenvalue weighted by atomic mass is 35.5. The maximum atomic E-state index is 12.6. The maximum Gasteiger partial charge on any atom is 0.412 e. The molecule has 3 amide bonds. The Morgan fingerprint density at radius 3 is 2.42 bits per heavy atom. The van der Waals surface area contributed by atoms with Gasteiger partial charge in [-0.05, 0) is 54.8 Å². The molecule has 0 aliphatic carbocycles. The monoisotopic (exact) mass is 463 g/mol. The lowest BCUT2D eigenvalue weighted by molar-refractivity contribution is -0.125. The molecule has 1 heterocycles. The fourth-order valence-corrected chi connectivity index (χ4v) is 3.51. The first-order valence-corrected chi connectivity index (χ1v) is 11.2.